The first-order chi connectivity index (χ1) is 13.5. The lowest BCUT2D eigenvalue weighted by atomic mass is 9.73. The van der Waals surface area contributed by atoms with Crippen molar-refractivity contribution in [3.8, 4) is 0 Å². The molecule has 1 saturated heterocycles. The Balaban J connectivity index is 1.88. The Labute approximate surface area is 179 Å². The normalized spacial score (nSPS) is 14.5. The lowest BCUT2D eigenvalue weighted by Gasteiger charge is -2.46. The largest absolute Gasteiger partial charge is 0.369 e. The van der Waals surface area contributed by atoms with E-state index in [9.17, 15) is 22.8 Å². The number of anilines is 2. The van der Waals surface area contributed by atoms with Gasteiger partial charge >= 0.3 is 0 Å². The molecule has 0 bridgehead atoms. The van der Waals surface area contributed by atoms with Crippen LogP contribution in [0, 0.1) is 32.4 Å². The Morgan fingerprint density at radius 3 is 2.38 bits per heavy atom. The number of hydrogen-bond donors (Lipinski definition) is 2. The standard InChI is InChI=1S/C20H19F3IN3O2/c1-20(2,19(25)29)10-8-27(9-10)18(28)12-4-5-13(21)16(23)17(12)26-15-6-3-11(24)7-14(15)22/h3-7,10,26H,8-9H2,1-2H3,(H2,25,29). The zero-order chi connectivity index (χ0) is 21.5. The molecule has 0 radical (unpaired) electrons. The van der Waals surface area contributed by atoms with Crippen LogP contribution in [0.2, 0.25) is 0 Å². The number of likely N-dealkylation sites (tertiary alicyclic amines) is 1. The molecule has 5 nitrogen and oxygen atoms in total. The monoisotopic (exact) mass is 517 g/mol. The minimum atomic E-state index is -1.27. The quantitative estimate of drug-likeness (QED) is 0.589. The van der Waals surface area contributed by atoms with Crippen LogP contribution < -0.4 is 11.1 Å². The first-order valence-electron chi connectivity index (χ1n) is 8.81. The number of carbonyl (C=O) groups is 2. The van der Waals surface area contributed by atoms with Crippen LogP contribution in [-0.4, -0.2) is 29.8 Å². The van der Waals surface area contributed by atoms with Crippen LogP contribution in [0.4, 0.5) is 24.5 Å². The second-order valence-corrected chi connectivity index (χ2v) is 8.77. The zero-order valence-electron chi connectivity index (χ0n) is 15.7. The smallest absolute Gasteiger partial charge is 0.256 e. The zero-order valence-corrected chi connectivity index (χ0v) is 17.9. The fourth-order valence-electron chi connectivity index (χ4n) is 3.05. The van der Waals surface area contributed by atoms with E-state index in [4.69, 9.17) is 5.73 Å². The van der Waals surface area contributed by atoms with Gasteiger partial charge in [-0.2, -0.15) is 0 Å². The number of carbonyl (C=O) groups excluding carboxylic acids is 2. The number of halogens is 4. The fourth-order valence-corrected chi connectivity index (χ4v) is 3.50. The molecule has 0 atom stereocenters. The molecule has 0 saturated carbocycles. The summed E-state index contributed by atoms with van der Waals surface area (Å²) >= 11 is 1.92. The maximum atomic E-state index is 14.5. The highest BCUT2D eigenvalue weighted by molar-refractivity contribution is 14.1. The fraction of sp³-hybridized carbons (Fsp3) is 0.300. The van der Waals surface area contributed by atoms with E-state index in [1.807, 2.05) is 22.6 Å². The number of amides is 2. The second-order valence-electron chi connectivity index (χ2n) is 7.53. The molecule has 0 spiro atoms. The molecule has 1 aliphatic rings. The number of benzene rings is 2. The number of nitrogens with zero attached hydrogens (tertiary/aromatic N) is 1. The third-order valence-electron chi connectivity index (χ3n) is 5.34. The highest BCUT2D eigenvalue weighted by atomic mass is 127. The third-order valence-corrected chi connectivity index (χ3v) is 6.01. The molecule has 154 valence electrons. The summed E-state index contributed by atoms with van der Waals surface area (Å²) in [6.45, 7) is 3.91. The molecule has 3 N–H and O–H groups in total. The third kappa shape index (κ3) is 4.05. The van der Waals surface area contributed by atoms with Gasteiger partial charge in [-0.3, -0.25) is 9.59 Å². The summed E-state index contributed by atoms with van der Waals surface area (Å²) in [7, 11) is 0. The number of hydrogen-bond acceptors (Lipinski definition) is 3. The van der Waals surface area contributed by atoms with Crippen molar-refractivity contribution in [2.45, 2.75) is 13.8 Å². The van der Waals surface area contributed by atoms with Gasteiger partial charge in [0.1, 0.15) is 5.82 Å². The lowest BCUT2D eigenvalue weighted by molar-refractivity contribution is -0.131. The van der Waals surface area contributed by atoms with E-state index in [0.717, 1.165) is 12.1 Å². The topological polar surface area (TPSA) is 75.4 Å². The summed E-state index contributed by atoms with van der Waals surface area (Å²) in [6.07, 6.45) is 0. The summed E-state index contributed by atoms with van der Waals surface area (Å²) in [6, 6.07) is 6.21. The Hall–Kier alpha value is -2.30. The number of rotatable bonds is 5. The summed E-state index contributed by atoms with van der Waals surface area (Å²) in [4.78, 5) is 25.9. The molecule has 2 aromatic rings. The van der Waals surface area contributed by atoms with E-state index in [0.29, 0.717) is 3.57 Å². The van der Waals surface area contributed by atoms with Crippen molar-refractivity contribution in [3.63, 3.8) is 0 Å². The van der Waals surface area contributed by atoms with E-state index in [1.165, 1.54) is 17.0 Å². The molecule has 1 heterocycles. The summed E-state index contributed by atoms with van der Waals surface area (Å²) < 4.78 is 43.1. The highest BCUT2D eigenvalue weighted by Gasteiger charge is 2.44. The summed E-state index contributed by atoms with van der Waals surface area (Å²) in [5.74, 6) is -4.26. The molecule has 1 fully saturated rings. The van der Waals surface area contributed by atoms with Crippen LogP contribution in [0.15, 0.2) is 30.3 Å². The van der Waals surface area contributed by atoms with Gasteiger partial charge in [0.2, 0.25) is 5.91 Å². The predicted octanol–water partition coefficient (Wildman–Crippen LogP) is 4.04. The van der Waals surface area contributed by atoms with Crippen LogP contribution in [0.5, 0.6) is 0 Å². The van der Waals surface area contributed by atoms with Gasteiger partial charge in [-0.25, -0.2) is 13.2 Å². The van der Waals surface area contributed by atoms with Crippen molar-refractivity contribution in [2.75, 3.05) is 18.4 Å². The van der Waals surface area contributed by atoms with Gasteiger partial charge in [0.15, 0.2) is 11.6 Å². The molecule has 3 rings (SSSR count). The van der Waals surface area contributed by atoms with Crippen LogP contribution in [0.3, 0.4) is 0 Å². The van der Waals surface area contributed by atoms with Crippen LogP contribution in [-0.2, 0) is 4.79 Å². The highest BCUT2D eigenvalue weighted by Crippen LogP contribution is 2.36. The van der Waals surface area contributed by atoms with Gasteiger partial charge in [0, 0.05) is 28.0 Å². The van der Waals surface area contributed by atoms with Gasteiger partial charge in [-0.05, 0) is 52.9 Å². The van der Waals surface area contributed by atoms with E-state index in [2.05, 4.69) is 5.32 Å². The predicted molar refractivity (Wildman–Crippen MR) is 111 cm³/mol. The molecule has 0 aromatic heterocycles. The average Bonchev–Trinajstić information content (AvgIpc) is 2.59. The van der Waals surface area contributed by atoms with Crippen molar-refractivity contribution in [2.24, 2.45) is 17.1 Å². The number of primary amides is 1. The number of nitrogens with one attached hydrogen (secondary N) is 1. The van der Waals surface area contributed by atoms with Gasteiger partial charge in [0.25, 0.3) is 5.91 Å². The van der Waals surface area contributed by atoms with Gasteiger partial charge < -0.3 is 16.0 Å². The molecule has 0 aliphatic carbocycles. The molecule has 1 aliphatic heterocycles. The minimum absolute atomic E-state index is 0.0830. The Bertz CT molecular complexity index is 991. The SMILES string of the molecule is CC(C)(C(N)=O)C1CN(C(=O)c2ccc(F)c(F)c2Nc2ccc(I)cc2F)C1. The Morgan fingerprint density at radius 2 is 1.79 bits per heavy atom. The average molecular weight is 517 g/mol. The van der Waals surface area contributed by atoms with Crippen molar-refractivity contribution in [1.29, 1.82) is 0 Å². The van der Waals surface area contributed by atoms with Crippen LogP contribution in [0.1, 0.15) is 24.2 Å². The van der Waals surface area contributed by atoms with Gasteiger partial charge in [0.05, 0.1) is 16.9 Å². The minimum Gasteiger partial charge on any atom is -0.369 e. The summed E-state index contributed by atoms with van der Waals surface area (Å²) in [5.41, 5.74) is 3.96. The Morgan fingerprint density at radius 1 is 1.14 bits per heavy atom. The molecule has 2 amide bonds. The molecule has 29 heavy (non-hydrogen) atoms. The molecule has 0 unspecified atom stereocenters. The lowest BCUT2D eigenvalue weighted by Crippen LogP contribution is -2.58. The molecular weight excluding hydrogens is 498 g/mol. The van der Waals surface area contributed by atoms with E-state index in [1.54, 1.807) is 19.9 Å². The van der Waals surface area contributed by atoms with E-state index in [-0.39, 0.29) is 30.3 Å². The van der Waals surface area contributed by atoms with E-state index >= 15 is 0 Å². The second kappa shape index (κ2) is 7.85. The van der Waals surface area contributed by atoms with Crippen molar-refractivity contribution in [3.05, 3.63) is 56.9 Å². The number of nitrogens with two attached hydrogens (primary N) is 1. The maximum Gasteiger partial charge on any atom is 0.256 e. The first kappa shape index (κ1) is 21.4. The van der Waals surface area contributed by atoms with Crippen molar-refractivity contribution in [1.82, 2.24) is 4.90 Å². The van der Waals surface area contributed by atoms with Crippen molar-refractivity contribution >= 4 is 45.8 Å². The molecule has 9 heteroatoms. The van der Waals surface area contributed by atoms with Crippen molar-refractivity contribution < 1.29 is 22.8 Å². The maximum absolute atomic E-state index is 14.5. The van der Waals surface area contributed by atoms with Crippen LogP contribution >= 0.6 is 22.6 Å². The van der Waals surface area contributed by atoms with Gasteiger partial charge in [-0.15, -0.1) is 0 Å². The van der Waals surface area contributed by atoms with Crippen LogP contribution in [0.25, 0.3) is 0 Å². The van der Waals surface area contributed by atoms with E-state index < -0.39 is 40.4 Å². The first-order valence-corrected chi connectivity index (χ1v) is 9.89. The molecule has 2 aromatic carbocycles. The van der Waals surface area contributed by atoms with Gasteiger partial charge in [-0.1, -0.05) is 13.8 Å². The molecular formula is C20H19F3IN3O2. The summed E-state index contributed by atoms with van der Waals surface area (Å²) in [5, 5.41) is 2.51. The Kier molecular flexibility index (Phi) is 5.79.